The molecule has 0 fully saturated rings. The van der Waals surface area contributed by atoms with Gasteiger partial charge in [-0.3, -0.25) is 4.98 Å². The van der Waals surface area contributed by atoms with Crippen LogP contribution in [-0.4, -0.2) is 21.5 Å². The van der Waals surface area contributed by atoms with E-state index < -0.39 is 0 Å². The van der Waals surface area contributed by atoms with Crippen molar-refractivity contribution in [2.75, 3.05) is 11.9 Å². The number of hydrogen-bond acceptors (Lipinski definition) is 5. The van der Waals surface area contributed by atoms with Crippen LogP contribution in [0.2, 0.25) is 0 Å². The molecule has 1 N–H and O–H groups in total. The van der Waals surface area contributed by atoms with Gasteiger partial charge in [-0.15, -0.1) is 11.3 Å². The third-order valence-electron chi connectivity index (χ3n) is 2.39. The van der Waals surface area contributed by atoms with Crippen molar-refractivity contribution in [3.8, 4) is 10.7 Å². The summed E-state index contributed by atoms with van der Waals surface area (Å²) < 4.78 is 0. The minimum absolute atomic E-state index is 0.751. The van der Waals surface area contributed by atoms with Gasteiger partial charge in [0.15, 0.2) is 5.82 Å². The summed E-state index contributed by atoms with van der Waals surface area (Å²) in [6.45, 7) is 6.95. The summed E-state index contributed by atoms with van der Waals surface area (Å²) in [7, 11) is 0. The summed E-state index contributed by atoms with van der Waals surface area (Å²) in [5.74, 6) is 1.67. The molecule has 16 heavy (non-hydrogen) atoms. The highest BCUT2D eigenvalue weighted by Gasteiger charge is 2.09. The van der Waals surface area contributed by atoms with Gasteiger partial charge in [0, 0.05) is 24.0 Å². The fourth-order valence-corrected chi connectivity index (χ4v) is 1.96. The van der Waals surface area contributed by atoms with E-state index in [0.29, 0.717) is 0 Å². The molecule has 0 amide bonds. The van der Waals surface area contributed by atoms with Crippen LogP contribution in [0.4, 0.5) is 5.82 Å². The zero-order chi connectivity index (χ0) is 11.5. The quantitative estimate of drug-likeness (QED) is 0.887. The number of nitrogens with one attached hydrogen (secondary N) is 1. The average molecular weight is 234 g/mol. The monoisotopic (exact) mass is 234 g/mol. The zero-order valence-corrected chi connectivity index (χ0v) is 10.4. The largest absolute Gasteiger partial charge is 0.370 e. The fraction of sp³-hybridized carbons (Fsp3) is 0.364. The van der Waals surface area contributed by atoms with Crippen LogP contribution in [0.1, 0.15) is 18.2 Å². The molecular weight excluding hydrogens is 220 g/mol. The van der Waals surface area contributed by atoms with Gasteiger partial charge < -0.3 is 5.32 Å². The van der Waals surface area contributed by atoms with Gasteiger partial charge in [-0.25, -0.2) is 9.97 Å². The highest BCUT2D eigenvalue weighted by molar-refractivity contribution is 7.13. The molecule has 2 aromatic heterocycles. The Morgan fingerprint density at radius 1 is 1.31 bits per heavy atom. The molecule has 0 aliphatic heterocycles. The predicted molar refractivity (Wildman–Crippen MR) is 66.8 cm³/mol. The Balaban J connectivity index is 2.48. The summed E-state index contributed by atoms with van der Waals surface area (Å²) in [5.41, 5.74) is 3.91. The first-order chi connectivity index (χ1) is 7.72. The summed E-state index contributed by atoms with van der Waals surface area (Å²) >= 11 is 1.55. The van der Waals surface area contributed by atoms with Crippen molar-refractivity contribution in [3.63, 3.8) is 0 Å². The normalized spacial score (nSPS) is 10.4. The summed E-state index contributed by atoms with van der Waals surface area (Å²) in [6, 6.07) is 0. The van der Waals surface area contributed by atoms with E-state index in [0.717, 1.165) is 34.3 Å². The van der Waals surface area contributed by atoms with E-state index in [1.54, 1.807) is 23.0 Å². The van der Waals surface area contributed by atoms with Crippen molar-refractivity contribution in [1.82, 2.24) is 15.0 Å². The number of nitrogens with zero attached hydrogens (tertiary/aromatic N) is 3. The van der Waals surface area contributed by atoms with Crippen LogP contribution in [-0.2, 0) is 0 Å². The van der Waals surface area contributed by atoms with E-state index in [-0.39, 0.29) is 0 Å². The zero-order valence-electron chi connectivity index (χ0n) is 9.61. The number of hydrogen-bond donors (Lipinski definition) is 1. The minimum Gasteiger partial charge on any atom is -0.370 e. The van der Waals surface area contributed by atoms with Gasteiger partial charge in [-0.1, -0.05) is 0 Å². The molecule has 2 rings (SSSR count). The van der Waals surface area contributed by atoms with E-state index in [2.05, 4.69) is 27.2 Å². The molecule has 0 saturated heterocycles. The molecule has 0 radical (unpaired) electrons. The van der Waals surface area contributed by atoms with Crippen LogP contribution >= 0.6 is 11.3 Å². The molecule has 0 saturated carbocycles. The van der Waals surface area contributed by atoms with Crippen LogP contribution in [0.25, 0.3) is 10.7 Å². The Bertz CT molecular complexity index is 479. The molecule has 0 spiro atoms. The predicted octanol–water partition coefficient (Wildman–Crippen LogP) is 2.65. The average Bonchev–Trinajstić information content (AvgIpc) is 2.78. The molecule has 2 aromatic rings. The van der Waals surface area contributed by atoms with E-state index in [1.807, 2.05) is 13.8 Å². The summed E-state index contributed by atoms with van der Waals surface area (Å²) in [4.78, 5) is 14.0. The Morgan fingerprint density at radius 2 is 2.12 bits per heavy atom. The maximum absolute atomic E-state index is 4.51. The second kappa shape index (κ2) is 4.57. The van der Waals surface area contributed by atoms with Crippen molar-refractivity contribution >= 4 is 17.2 Å². The first-order valence-corrected chi connectivity index (χ1v) is 6.08. The Hall–Kier alpha value is -1.49. The number of rotatable bonds is 3. The third-order valence-corrected chi connectivity index (χ3v) is 3.16. The van der Waals surface area contributed by atoms with Gasteiger partial charge in [-0.05, 0) is 20.8 Å². The lowest BCUT2D eigenvalue weighted by molar-refractivity contribution is 1.05. The van der Waals surface area contributed by atoms with Gasteiger partial charge in [0.25, 0.3) is 0 Å². The first-order valence-electron chi connectivity index (χ1n) is 5.20. The molecule has 0 bridgehead atoms. The number of thiazole rings is 1. The fourth-order valence-electron chi connectivity index (χ4n) is 1.40. The molecular formula is C11H14N4S. The molecule has 0 aromatic carbocycles. The molecule has 0 aliphatic carbocycles. The Morgan fingerprint density at radius 3 is 2.75 bits per heavy atom. The second-order valence-corrected chi connectivity index (χ2v) is 4.39. The number of aromatic nitrogens is 3. The van der Waals surface area contributed by atoms with Crippen LogP contribution in [0.5, 0.6) is 0 Å². The van der Waals surface area contributed by atoms with Crippen LogP contribution < -0.4 is 5.32 Å². The van der Waals surface area contributed by atoms with E-state index >= 15 is 0 Å². The molecule has 4 nitrogen and oxygen atoms in total. The minimum atomic E-state index is 0.751. The van der Waals surface area contributed by atoms with Gasteiger partial charge in [0.1, 0.15) is 5.82 Å². The van der Waals surface area contributed by atoms with E-state index in [1.165, 1.54) is 0 Å². The lowest BCUT2D eigenvalue weighted by Crippen LogP contribution is -2.05. The molecule has 0 atom stereocenters. The standard InChI is InChI=1S/C11H14N4S/c1-4-13-10-7(2)8(3)14-11(15-10)9-5-12-6-16-9/h5-6H,4H2,1-3H3,(H,13,14,15). The molecule has 84 valence electrons. The van der Waals surface area contributed by atoms with Crippen molar-refractivity contribution in [3.05, 3.63) is 23.0 Å². The SMILES string of the molecule is CCNc1nc(-c2cncs2)nc(C)c1C. The maximum Gasteiger partial charge on any atom is 0.173 e. The Labute approximate surface area is 98.8 Å². The topological polar surface area (TPSA) is 50.7 Å². The highest BCUT2D eigenvalue weighted by atomic mass is 32.1. The lowest BCUT2D eigenvalue weighted by atomic mass is 10.2. The highest BCUT2D eigenvalue weighted by Crippen LogP contribution is 2.23. The summed E-state index contributed by atoms with van der Waals surface area (Å²) in [6.07, 6.45) is 1.80. The van der Waals surface area contributed by atoms with E-state index in [9.17, 15) is 0 Å². The van der Waals surface area contributed by atoms with Crippen LogP contribution in [0, 0.1) is 13.8 Å². The summed E-state index contributed by atoms with van der Waals surface area (Å²) in [5, 5.41) is 3.25. The molecule has 2 heterocycles. The van der Waals surface area contributed by atoms with Crippen LogP contribution in [0.15, 0.2) is 11.7 Å². The Kier molecular flexibility index (Phi) is 3.14. The second-order valence-electron chi connectivity index (χ2n) is 3.50. The smallest absolute Gasteiger partial charge is 0.173 e. The number of aryl methyl sites for hydroxylation is 1. The van der Waals surface area contributed by atoms with Crippen molar-refractivity contribution in [2.45, 2.75) is 20.8 Å². The maximum atomic E-state index is 4.51. The lowest BCUT2D eigenvalue weighted by Gasteiger charge is -2.09. The van der Waals surface area contributed by atoms with Gasteiger partial charge in [-0.2, -0.15) is 0 Å². The number of anilines is 1. The molecule has 0 unspecified atom stereocenters. The van der Waals surface area contributed by atoms with Gasteiger partial charge in [0.2, 0.25) is 0 Å². The van der Waals surface area contributed by atoms with Gasteiger partial charge in [0.05, 0.1) is 10.4 Å². The molecule has 5 heteroatoms. The van der Waals surface area contributed by atoms with E-state index in [4.69, 9.17) is 0 Å². The molecule has 0 aliphatic rings. The van der Waals surface area contributed by atoms with Crippen molar-refractivity contribution in [1.29, 1.82) is 0 Å². The van der Waals surface area contributed by atoms with Gasteiger partial charge >= 0.3 is 0 Å². The van der Waals surface area contributed by atoms with Crippen molar-refractivity contribution in [2.24, 2.45) is 0 Å². The first kappa shape index (κ1) is 11.0. The van der Waals surface area contributed by atoms with Crippen molar-refractivity contribution < 1.29 is 0 Å². The third kappa shape index (κ3) is 2.04. The van der Waals surface area contributed by atoms with Crippen LogP contribution in [0.3, 0.4) is 0 Å².